The zero-order valence-corrected chi connectivity index (χ0v) is 12.9. The first-order chi connectivity index (χ1) is 8.06. The van der Waals surface area contributed by atoms with E-state index in [0.29, 0.717) is 13.1 Å². The van der Waals surface area contributed by atoms with Crippen LogP contribution in [0.2, 0.25) is 0 Å². The highest BCUT2D eigenvalue weighted by Gasteiger charge is 2.39. The minimum atomic E-state index is -3.43. The molecule has 18 heavy (non-hydrogen) atoms. The molecule has 1 amide bonds. The van der Waals surface area contributed by atoms with Gasteiger partial charge in [-0.1, -0.05) is 13.8 Å². The van der Waals surface area contributed by atoms with Gasteiger partial charge >= 0.3 is 0 Å². The summed E-state index contributed by atoms with van der Waals surface area (Å²) in [4.78, 5) is 12.0. The fourth-order valence-corrected chi connectivity index (χ4v) is 1.92. The zero-order chi connectivity index (χ0) is 14.6. The molecule has 0 bridgehead atoms. The number of nitrogens with two attached hydrogens (primary N) is 1. The average molecular weight is 278 g/mol. The van der Waals surface area contributed by atoms with Gasteiger partial charge in [0, 0.05) is 12.8 Å². The van der Waals surface area contributed by atoms with Gasteiger partial charge in [-0.25, -0.2) is 8.42 Å². The standard InChI is InChI=1S/C12H26N2O3S/c1-6-12(7-2,8-13)9-14-10(15)11(3,4)18(5,16)17/h6-9,13H2,1-5H3,(H,14,15). The summed E-state index contributed by atoms with van der Waals surface area (Å²) in [6.07, 6.45) is 2.77. The zero-order valence-electron chi connectivity index (χ0n) is 12.0. The van der Waals surface area contributed by atoms with Gasteiger partial charge in [0.2, 0.25) is 5.91 Å². The highest BCUT2D eigenvalue weighted by atomic mass is 32.2. The lowest BCUT2D eigenvalue weighted by Gasteiger charge is -2.32. The summed E-state index contributed by atoms with van der Waals surface area (Å²) in [7, 11) is -3.43. The van der Waals surface area contributed by atoms with E-state index in [4.69, 9.17) is 5.73 Å². The molecule has 0 spiro atoms. The lowest BCUT2D eigenvalue weighted by Crippen LogP contribution is -2.51. The molecule has 0 atom stereocenters. The number of nitrogens with one attached hydrogen (secondary N) is 1. The Morgan fingerprint density at radius 1 is 1.22 bits per heavy atom. The number of rotatable bonds is 7. The Bertz CT molecular complexity index is 376. The van der Waals surface area contributed by atoms with Crippen LogP contribution >= 0.6 is 0 Å². The topological polar surface area (TPSA) is 89.3 Å². The summed E-state index contributed by atoms with van der Waals surface area (Å²) < 4.78 is 21.7. The van der Waals surface area contributed by atoms with Gasteiger partial charge in [-0.3, -0.25) is 4.79 Å². The second-order valence-electron chi connectivity index (χ2n) is 5.38. The number of hydrogen-bond donors (Lipinski definition) is 2. The third-order valence-electron chi connectivity index (χ3n) is 4.03. The molecule has 5 nitrogen and oxygen atoms in total. The Labute approximate surface area is 110 Å². The predicted molar refractivity (Wildman–Crippen MR) is 74.0 cm³/mol. The lowest BCUT2D eigenvalue weighted by atomic mass is 9.82. The maximum Gasteiger partial charge on any atom is 0.240 e. The first kappa shape index (κ1) is 17.4. The first-order valence-electron chi connectivity index (χ1n) is 6.24. The number of hydrogen-bond acceptors (Lipinski definition) is 4. The van der Waals surface area contributed by atoms with Gasteiger partial charge in [-0.2, -0.15) is 0 Å². The van der Waals surface area contributed by atoms with Gasteiger partial charge in [0.05, 0.1) is 0 Å². The largest absolute Gasteiger partial charge is 0.354 e. The van der Waals surface area contributed by atoms with Crippen molar-refractivity contribution in [1.29, 1.82) is 0 Å². The molecule has 108 valence electrons. The molecule has 0 saturated carbocycles. The van der Waals surface area contributed by atoms with Gasteiger partial charge in [0.1, 0.15) is 4.75 Å². The van der Waals surface area contributed by atoms with E-state index in [-0.39, 0.29) is 5.41 Å². The van der Waals surface area contributed by atoms with Crippen LogP contribution < -0.4 is 11.1 Å². The van der Waals surface area contributed by atoms with Crippen LogP contribution in [0, 0.1) is 5.41 Å². The van der Waals surface area contributed by atoms with E-state index in [1.807, 2.05) is 13.8 Å². The van der Waals surface area contributed by atoms with Crippen molar-refractivity contribution in [1.82, 2.24) is 5.32 Å². The second kappa shape index (κ2) is 6.02. The number of carbonyl (C=O) groups is 1. The third kappa shape index (κ3) is 3.68. The van der Waals surface area contributed by atoms with Crippen molar-refractivity contribution in [2.24, 2.45) is 11.1 Å². The van der Waals surface area contributed by atoms with Crippen LogP contribution in [0.25, 0.3) is 0 Å². The highest BCUT2D eigenvalue weighted by molar-refractivity contribution is 7.92. The van der Waals surface area contributed by atoms with Gasteiger partial charge in [0.25, 0.3) is 0 Å². The smallest absolute Gasteiger partial charge is 0.240 e. The quantitative estimate of drug-likeness (QED) is 0.717. The molecular weight excluding hydrogens is 252 g/mol. The summed E-state index contributed by atoms with van der Waals surface area (Å²) in [6.45, 7) is 7.75. The number of carbonyl (C=O) groups excluding carboxylic acids is 1. The number of sulfone groups is 1. The molecule has 0 fully saturated rings. The highest BCUT2D eigenvalue weighted by Crippen LogP contribution is 2.24. The summed E-state index contributed by atoms with van der Waals surface area (Å²) in [5.41, 5.74) is 5.59. The van der Waals surface area contributed by atoms with Gasteiger partial charge < -0.3 is 11.1 Å². The van der Waals surface area contributed by atoms with E-state index in [1.54, 1.807) is 0 Å². The fourth-order valence-electron chi connectivity index (χ4n) is 1.51. The molecule has 0 aliphatic carbocycles. The Balaban J connectivity index is 4.80. The molecule has 0 rings (SSSR count). The first-order valence-corrected chi connectivity index (χ1v) is 8.13. The van der Waals surface area contributed by atoms with Crippen molar-refractivity contribution >= 4 is 15.7 Å². The van der Waals surface area contributed by atoms with Crippen molar-refractivity contribution in [2.75, 3.05) is 19.3 Å². The van der Waals surface area contributed by atoms with Crippen molar-refractivity contribution in [3.05, 3.63) is 0 Å². The van der Waals surface area contributed by atoms with Gasteiger partial charge in [0.15, 0.2) is 9.84 Å². The Morgan fingerprint density at radius 3 is 1.94 bits per heavy atom. The predicted octanol–water partition coefficient (Wildman–Crippen LogP) is 0.691. The minimum absolute atomic E-state index is 0.150. The summed E-state index contributed by atoms with van der Waals surface area (Å²) in [5.74, 6) is -0.468. The van der Waals surface area contributed by atoms with Crippen LogP contribution in [-0.2, 0) is 14.6 Å². The van der Waals surface area contributed by atoms with E-state index in [0.717, 1.165) is 19.1 Å². The monoisotopic (exact) mass is 278 g/mol. The number of amides is 1. The van der Waals surface area contributed by atoms with Crippen molar-refractivity contribution in [3.63, 3.8) is 0 Å². The maximum absolute atomic E-state index is 12.0. The van der Waals surface area contributed by atoms with Crippen molar-refractivity contribution in [3.8, 4) is 0 Å². The summed E-state index contributed by atoms with van der Waals surface area (Å²) in [5, 5.41) is 2.73. The fraction of sp³-hybridized carbons (Fsp3) is 0.917. The molecule has 0 aliphatic heterocycles. The van der Waals surface area contributed by atoms with E-state index < -0.39 is 20.5 Å². The molecule has 0 aliphatic rings. The van der Waals surface area contributed by atoms with Crippen LogP contribution in [-0.4, -0.2) is 38.4 Å². The van der Waals surface area contributed by atoms with Gasteiger partial charge in [-0.05, 0) is 38.6 Å². The Hall–Kier alpha value is -0.620. The molecule has 6 heteroatoms. The van der Waals surface area contributed by atoms with Crippen LogP contribution in [0.1, 0.15) is 40.5 Å². The molecule has 3 N–H and O–H groups in total. The SMILES string of the molecule is CCC(CC)(CN)CNC(=O)C(C)(C)S(C)(=O)=O. The molecule has 0 saturated heterocycles. The Morgan fingerprint density at radius 2 is 1.67 bits per heavy atom. The van der Waals surface area contributed by atoms with Crippen molar-refractivity contribution < 1.29 is 13.2 Å². The van der Waals surface area contributed by atoms with Gasteiger partial charge in [-0.15, -0.1) is 0 Å². The van der Waals surface area contributed by atoms with Crippen molar-refractivity contribution in [2.45, 2.75) is 45.3 Å². The summed E-state index contributed by atoms with van der Waals surface area (Å²) in [6, 6.07) is 0. The van der Waals surface area contributed by atoms with Crippen LogP contribution in [0.15, 0.2) is 0 Å². The minimum Gasteiger partial charge on any atom is -0.354 e. The third-order valence-corrected chi connectivity index (χ3v) is 6.07. The lowest BCUT2D eigenvalue weighted by molar-refractivity contribution is -0.123. The molecule has 0 heterocycles. The van der Waals surface area contributed by atoms with E-state index >= 15 is 0 Å². The maximum atomic E-state index is 12.0. The van der Waals surface area contributed by atoms with E-state index in [1.165, 1.54) is 13.8 Å². The van der Waals surface area contributed by atoms with Crippen LogP contribution in [0.4, 0.5) is 0 Å². The molecule has 0 aromatic rings. The second-order valence-corrected chi connectivity index (χ2v) is 7.94. The average Bonchev–Trinajstić information content (AvgIpc) is 2.29. The molecule has 0 radical (unpaired) electrons. The molecular formula is C12H26N2O3S. The normalized spacial score (nSPS) is 13.4. The molecule has 0 unspecified atom stereocenters. The van der Waals surface area contributed by atoms with E-state index in [9.17, 15) is 13.2 Å². The Kier molecular flexibility index (Phi) is 5.81. The molecule has 0 aromatic carbocycles. The van der Waals surface area contributed by atoms with Crippen LogP contribution in [0.5, 0.6) is 0 Å². The van der Waals surface area contributed by atoms with E-state index in [2.05, 4.69) is 5.32 Å². The summed E-state index contributed by atoms with van der Waals surface area (Å²) >= 11 is 0. The van der Waals surface area contributed by atoms with Crippen LogP contribution in [0.3, 0.4) is 0 Å². The molecule has 0 aromatic heterocycles.